The Bertz CT molecular complexity index is 872. The van der Waals surface area contributed by atoms with Crippen LogP contribution in [-0.4, -0.2) is 54.5 Å². The van der Waals surface area contributed by atoms with Crippen molar-refractivity contribution in [2.75, 3.05) is 43.0 Å². The Morgan fingerprint density at radius 1 is 1.14 bits per heavy atom. The summed E-state index contributed by atoms with van der Waals surface area (Å²) in [6, 6.07) is 11.8. The monoisotopic (exact) mass is 394 g/mol. The molecule has 1 aliphatic carbocycles. The maximum Gasteiger partial charge on any atom is 0.260 e. The van der Waals surface area contributed by atoms with Gasteiger partial charge in [0.15, 0.2) is 6.61 Å². The van der Waals surface area contributed by atoms with Crippen molar-refractivity contribution in [1.82, 2.24) is 9.88 Å². The number of aromatic nitrogens is 1. The Hall–Kier alpha value is -3.09. The third-order valence-corrected chi connectivity index (χ3v) is 5.29. The lowest BCUT2D eigenvalue weighted by Crippen LogP contribution is -2.50. The summed E-state index contributed by atoms with van der Waals surface area (Å²) in [4.78, 5) is 32.5. The van der Waals surface area contributed by atoms with Gasteiger partial charge in [0.1, 0.15) is 0 Å². The fraction of sp³-hybridized carbons (Fsp3) is 0.409. The zero-order chi connectivity index (χ0) is 20.2. The molecule has 1 N–H and O–H groups in total. The van der Waals surface area contributed by atoms with E-state index in [-0.39, 0.29) is 24.3 Å². The number of hydrogen-bond acceptors (Lipinski definition) is 5. The van der Waals surface area contributed by atoms with Crippen molar-refractivity contribution < 1.29 is 14.3 Å². The number of nitrogens with one attached hydrogen (secondary N) is 1. The number of hydrogen-bond donors (Lipinski definition) is 1. The van der Waals surface area contributed by atoms with Crippen molar-refractivity contribution in [3.63, 3.8) is 0 Å². The Labute approximate surface area is 170 Å². The number of carbonyl (C=O) groups is 2. The molecule has 0 atom stereocenters. The van der Waals surface area contributed by atoms with Crippen molar-refractivity contribution in [2.24, 2.45) is 5.92 Å². The average molecular weight is 394 g/mol. The van der Waals surface area contributed by atoms with E-state index in [1.165, 1.54) is 11.3 Å². The van der Waals surface area contributed by atoms with Crippen LogP contribution in [-0.2, 0) is 9.59 Å². The second-order valence-electron chi connectivity index (χ2n) is 7.64. The smallest absolute Gasteiger partial charge is 0.260 e. The minimum absolute atomic E-state index is 0.0365. The Kier molecular flexibility index (Phi) is 5.64. The number of amides is 2. The molecule has 1 saturated heterocycles. The van der Waals surface area contributed by atoms with E-state index in [2.05, 4.69) is 46.4 Å². The molecule has 1 aromatic carbocycles. The number of carbonyl (C=O) groups excluding carboxylic acids is 2. The van der Waals surface area contributed by atoms with Crippen LogP contribution >= 0.6 is 0 Å². The summed E-state index contributed by atoms with van der Waals surface area (Å²) in [7, 11) is 0. The number of nitrogens with zero attached hydrogens (tertiary/aromatic N) is 3. The normalized spacial score (nSPS) is 16.4. The lowest BCUT2D eigenvalue weighted by atomic mass is 10.2. The van der Waals surface area contributed by atoms with Gasteiger partial charge in [-0.3, -0.25) is 9.59 Å². The molecule has 2 amide bonds. The zero-order valence-electron chi connectivity index (χ0n) is 16.6. The van der Waals surface area contributed by atoms with Gasteiger partial charge in [-0.05, 0) is 43.5 Å². The van der Waals surface area contributed by atoms with Crippen molar-refractivity contribution >= 4 is 23.2 Å². The number of benzene rings is 1. The molecule has 0 unspecified atom stereocenters. The molecule has 4 rings (SSSR count). The molecule has 1 aromatic heterocycles. The summed E-state index contributed by atoms with van der Waals surface area (Å²) in [5.74, 6) is 0.526. The van der Waals surface area contributed by atoms with Gasteiger partial charge in [-0.2, -0.15) is 0 Å². The van der Waals surface area contributed by atoms with Gasteiger partial charge in [0.2, 0.25) is 11.8 Å². The number of aryl methyl sites for hydroxylation is 1. The highest BCUT2D eigenvalue weighted by Crippen LogP contribution is 2.30. The predicted octanol–water partition coefficient (Wildman–Crippen LogP) is 2.47. The first kappa shape index (κ1) is 19.2. The summed E-state index contributed by atoms with van der Waals surface area (Å²) >= 11 is 0. The summed E-state index contributed by atoms with van der Waals surface area (Å²) < 4.78 is 5.54. The molecule has 1 saturated carbocycles. The van der Waals surface area contributed by atoms with E-state index < -0.39 is 0 Å². The third-order valence-electron chi connectivity index (χ3n) is 5.29. The first-order valence-corrected chi connectivity index (χ1v) is 10.1. The molecular formula is C22H26N4O3. The van der Waals surface area contributed by atoms with E-state index in [1.54, 1.807) is 18.3 Å². The van der Waals surface area contributed by atoms with E-state index in [0.717, 1.165) is 25.9 Å². The predicted molar refractivity (Wildman–Crippen MR) is 111 cm³/mol. The van der Waals surface area contributed by atoms with Crippen LogP contribution in [0.15, 0.2) is 42.6 Å². The van der Waals surface area contributed by atoms with E-state index >= 15 is 0 Å². The van der Waals surface area contributed by atoms with Crippen LogP contribution in [0.4, 0.5) is 11.4 Å². The first-order chi connectivity index (χ1) is 14.1. The number of rotatable bonds is 6. The summed E-state index contributed by atoms with van der Waals surface area (Å²) in [5, 5.41) is 2.83. The second-order valence-corrected chi connectivity index (χ2v) is 7.64. The molecule has 2 fully saturated rings. The highest BCUT2D eigenvalue weighted by molar-refractivity contribution is 5.93. The zero-order valence-corrected chi connectivity index (χ0v) is 16.6. The van der Waals surface area contributed by atoms with Crippen LogP contribution in [0.1, 0.15) is 18.4 Å². The minimum atomic E-state index is -0.0400. The topological polar surface area (TPSA) is 74.8 Å². The molecule has 7 nitrogen and oxygen atoms in total. The summed E-state index contributed by atoms with van der Waals surface area (Å²) in [6.07, 6.45) is 3.48. The SMILES string of the molecule is Cc1cccc(N2CCN(C(=O)COc3ccc(NC(=O)C4CC4)cn3)CC2)c1. The van der Waals surface area contributed by atoms with Crippen LogP contribution in [0.5, 0.6) is 5.88 Å². The van der Waals surface area contributed by atoms with Gasteiger partial charge >= 0.3 is 0 Å². The van der Waals surface area contributed by atoms with Crippen molar-refractivity contribution in [2.45, 2.75) is 19.8 Å². The van der Waals surface area contributed by atoms with Gasteiger partial charge in [0.05, 0.1) is 11.9 Å². The highest BCUT2D eigenvalue weighted by atomic mass is 16.5. The molecule has 2 aliphatic rings. The van der Waals surface area contributed by atoms with E-state index in [4.69, 9.17) is 4.74 Å². The van der Waals surface area contributed by atoms with Gasteiger partial charge in [-0.15, -0.1) is 0 Å². The van der Waals surface area contributed by atoms with Gasteiger partial charge in [0.25, 0.3) is 5.91 Å². The average Bonchev–Trinajstić information content (AvgIpc) is 3.59. The summed E-state index contributed by atoms with van der Waals surface area (Å²) in [6.45, 7) is 5.02. The fourth-order valence-corrected chi connectivity index (χ4v) is 3.40. The molecule has 7 heteroatoms. The molecule has 1 aliphatic heterocycles. The molecule has 29 heavy (non-hydrogen) atoms. The Balaban J connectivity index is 1.22. The number of pyridine rings is 1. The van der Waals surface area contributed by atoms with Crippen molar-refractivity contribution in [3.8, 4) is 5.88 Å². The van der Waals surface area contributed by atoms with Gasteiger partial charge in [-0.25, -0.2) is 4.98 Å². The molecular weight excluding hydrogens is 368 g/mol. The molecule has 0 spiro atoms. The van der Waals surface area contributed by atoms with Crippen LogP contribution < -0.4 is 15.0 Å². The van der Waals surface area contributed by atoms with Crippen LogP contribution in [0.25, 0.3) is 0 Å². The first-order valence-electron chi connectivity index (χ1n) is 10.1. The van der Waals surface area contributed by atoms with E-state index in [9.17, 15) is 9.59 Å². The molecule has 2 heterocycles. The van der Waals surface area contributed by atoms with Gasteiger partial charge in [-0.1, -0.05) is 12.1 Å². The quantitative estimate of drug-likeness (QED) is 0.815. The lowest BCUT2D eigenvalue weighted by Gasteiger charge is -2.36. The molecule has 0 bridgehead atoms. The largest absolute Gasteiger partial charge is 0.468 e. The number of anilines is 2. The lowest BCUT2D eigenvalue weighted by molar-refractivity contribution is -0.133. The Morgan fingerprint density at radius 2 is 1.93 bits per heavy atom. The molecule has 152 valence electrons. The van der Waals surface area contributed by atoms with Gasteiger partial charge < -0.3 is 19.9 Å². The van der Waals surface area contributed by atoms with Crippen LogP contribution in [0.2, 0.25) is 0 Å². The van der Waals surface area contributed by atoms with Crippen LogP contribution in [0, 0.1) is 12.8 Å². The molecule has 0 radical (unpaired) electrons. The van der Waals surface area contributed by atoms with E-state index in [1.807, 2.05) is 4.90 Å². The van der Waals surface area contributed by atoms with Crippen LogP contribution in [0.3, 0.4) is 0 Å². The second kappa shape index (κ2) is 8.51. The van der Waals surface area contributed by atoms with E-state index in [0.29, 0.717) is 24.7 Å². The fourth-order valence-electron chi connectivity index (χ4n) is 3.40. The summed E-state index contributed by atoms with van der Waals surface area (Å²) in [5.41, 5.74) is 3.08. The minimum Gasteiger partial charge on any atom is -0.468 e. The highest BCUT2D eigenvalue weighted by Gasteiger charge is 2.29. The maximum absolute atomic E-state index is 12.5. The standard InChI is InChI=1S/C22H26N4O3/c1-16-3-2-4-19(13-16)25-9-11-26(12-10-25)21(27)15-29-20-8-7-18(14-23-20)24-22(28)17-5-6-17/h2-4,7-8,13-14,17H,5-6,9-12,15H2,1H3,(H,24,28). The van der Waals surface area contributed by atoms with Crippen molar-refractivity contribution in [1.29, 1.82) is 0 Å². The number of piperazine rings is 1. The number of ether oxygens (including phenoxy) is 1. The molecule has 2 aromatic rings. The van der Waals surface area contributed by atoms with Gasteiger partial charge in [0, 0.05) is 43.9 Å². The maximum atomic E-state index is 12.5. The third kappa shape index (κ3) is 5.04. The Morgan fingerprint density at radius 3 is 2.59 bits per heavy atom. The van der Waals surface area contributed by atoms with Crippen molar-refractivity contribution in [3.05, 3.63) is 48.2 Å².